The molecule has 2 aliphatic carbocycles. The first-order chi connectivity index (χ1) is 14.6. The van der Waals surface area contributed by atoms with E-state index in [0.717, 1.165) is 37.1 Å². The number of fused-ring (bicyclic) bond motifs is 2. The fourth-order valence-corrected chi connectivity index (χ4v) is 6.14. The topological polar surface area (TPSA) is 102 Å². The molecular formula is C21H24F3N3O3S. The summed E-state index contributed by atoms with van der Waals surface area (Å²) in [6, 6.07) is 8.30. The molecule has 168 valence electrons. The molecule has 3 N–H and O–H groups in total. The van der Waals surface area contributed by atoms with Crippen molar-refractivity contribution >= 4 is 21.6 Å². The minimum Gasteiger partial charge on any atom is -0.351 e. The molecule has 0 saturated heterocycles. The lowest BCUT2D eigenvalue weighted by Crippen LogP contribution is -2.29. The summed E-state index contributed by atoms with van der Waals surface area (Å²) >= 11 is 0. The number of hydrogen-bond donors (Lipinski definition) is 2. The number of nitrogens with one attached hydrogen (secondary N) is 1. The van der Waals surface area contributed by atoms with E-state index < -0.39 is 27.6 Å². The molecule has 1 aromatic carbocycles. The van der Waals surface area contributed by atoms with Crippen LogP contribution in [-0.2, 0) is 16.0 Å². The van der Waals surface area contributed by atoms with Crippen molar-refractivity contribution in [3.8, 4) is 0 Å². The van der Waals surface area contributed by atoms with Gasteiger partial charge in [-0.25, -0.2) is 18.2 Å². The van der Waals surface area contributed by atoms with E-state index in [-0.39, 0.29) is 16.0 Å². The van der Waals surface area contributed by atoms with Gasteiger partial charge in [-0.3, -0.25) is 0 Å². The highest BCUT2D eigenvalue weighted by Gasteiger charge is 2.40. The standard InChI is InChI=1S/C13H17NO2S.C8H7F3N2O/c15-17(16,13-3-1-2-6-14-13)12-8-10-4-5-11(7-10)9-12;9-8(10,11)5-1-3-6(4-2-5)13-7(12)14/h1-3,6,10-12H,4-5,7-9H2;1-4H,(H3,12,13,14)/t10-,11?,12?;/m0./s1. The number of anilines is 1. The highest BCUT2D eigenvalue weighted by atomic mass is 32.2. The maximum atomic E-state index is 12.4. The van der Waals surface area contributed by atoms with Crippen LogP contribution in [0.15, 0.2) is 53.7 Å². The van der Waals surface area contributed by atoms with Gasteiger partial charge in [-0.15, -0.1) is 0 Å². The van der Waals surface area contributed by atoms with Crippen LogP contribution < -0.4 is 11.1 Å². The Bertz CT molecular complexity index is 984. The van der Waals surface area contributed by atoms with Gasteiger partial charge in [0.05, 0.1) is 10.8 Å². The van der Waals surface area contributed by atoms with Crippen molar-refractivity contribution in [3.63, 3.8) is 0 Å². The van der Waals surface area contributed by atoms with Crippen LogP contribution in [0.4, 0.5) is 23.7 Å². The Morgan fingerprint density at radius 3 is 2.10 bits per heavy atom. The second-order valence-corrected chi connectivity index (χ2v) is 10.1. The van der Waals surface area contributed by atoms with Crippen molar-refractivity contribution in [1.82, 2.24) is 4.98 Å². The third kappa shape index (κ3) is 5.96. The number of pyridine rings is 1. The predicted octanol–water partition coefficient (Wildman–Crippen LogP) is 4.63. The van der Waals surface area contributed by atoms with Gasteiger partial charge in [0.2, 0.25) is 0 Å². The summed E-state index contributed by atoms with van der Waals surface area (Å²) in [5.74, 6) is 1.27. The van der Waals surface area contributed by atoms with Crippen LogP contribution in [0.3, 0.4) is 0 Å². The number of sulfone groups is 1. The average molecular weight is 456 g/mol. The maximum absolute atomic E-state index is 12.4. The predicted molar refractivity (Wildman–Crippen MR) is 110 cm³/mol. The molecule has 2 aromatic rings. The number of benzene rings is 1. The lowest BCUT2D eigenvalue weighted by atomic mass is 9.89. The number of carbonyl (C=O) groups excluding carboxylic acids is 1. The molecule has 10 heteroatoms. The quantitative estimate of drug-likeness (QED) is 0.704. The van der Waals surface area contributed by atoms with Gasteiger partial charge in [-0.05, 0) is 67.5 Å². The van der Waals surface area contributed by atoms with Crippen LogP contribution in [0.5, 0.6) is 0 Å². The number of alkyl halides is 3. The van der Waals surface area contributed by atoms with Crippen molar-refractivity contribution in [2.24, 2.45) is 17.6 Å². The van der Waals surface area contributed by atoms with Crippen molar-refractivity contribution in [2.45, 2.75) is 48.6 Å². The summed E-state index contributed by atoms with van der Waals surface area (Å²) in [5, 5.41) is 2.22. The van der Waals surface area contributed by atoms with Gasteiger partial charge < -0.3 is 11.1 Å². The van der Waals surface area contributed by atoms with E-state index in [2.05, 4.69) is 10.3 Å². The van der Waals surface area contributed by atoms with Crippen LogP contribution in [0.2, 0.25) is 0 Å². The van der Waals surface area contributed by atoms with E-state index in [4.69, 9.17) is 5.73 Å². The zero-order valence-electron chi connectivity index (χ0n) is 16.7. The molecule has 0 spiro atoms. The SMILES string of the molecule is NC(=O)Nc1ccc(C(F)(F)F)cc1.O=S(=O)(c1ccccn1)C1CC2CC[C@@H](C2)C1. The molecule has 2 aliphatic rings. The molecule has 0 radical (unpaired) electrons. The third-order valence-electron chi connectivity index (χ3n) is 5.69. The second kappa shape index (κ2) is 9.25. The molecule has 1 heterocycles. The lowest BCUT2D eigenvalue weighted by Gasteiger charge is -2.27. The molecule has 2 unspecified atom stereocenters. The number of primary amides is 1. The van der Waals surface area contributed by atoms with Crippen LogP contribution >= 0.6 is 0 Å². The van der Waals surface area contributed by atoms with E-state index in [1.54, 1.807) is 24.4 Å². The van der Waals surface area contributed by atoms with Gasteiger partial charge in [-0.1, -0.05) is 18.9 Å². The molecule has 6 nitrogen and oxygen atoms in total. The van der Waals surface area contributed by atoms with Crippen molar-refractivity contribution in [3.05, 3.63) is 54.2 Å². The first-order valence-electron chi connectivity index (χ1n) is 9.94. The van der Waals surface area contributed by atoms with Crippen LogP contribution in [0, 0.1) is 11.8 Å². The summed E-state index contributed by atoms with van der Waals surface area (Å²) in [6.07, 6.45) is 2.56. The fraction of sp³-hybridized carbons (Fsp3) is 0.429. The van der Waals surface area contributed by atoms with E-state index in [1.165, 1.54) is 19.3 Å². The first kappa shape index (κ1) is 23.1. The fourth-order valence-electron chi connectivity index (χ4n) is 4.27. The molecule has 2 amide bonds. The van der Waals surface area contributed by atoms with Crippen LogP contribution in [0.25, 0.3) is 0 Å². The summed E-state index contributed by atoms with van der Waals surface area (Å²) < 4.78 is 61.1. The Labute approximate surface area is 179 Å². The summed E-state index contributed by atoms with van der Waals surface area (Å²) in [5.41, 5.74) is 4.23. The second-order valence-electron chi connectivity index (χ2n) is 7.92. The van der Waals surface area contributed by atoms with E-state index in [0.29, 0.717) is 11.8 Å². The third-order valence-corrected chi connectivity index (χ3v) is 7.78. The number of hydrogen-bond acceptors (Lipinski definition) is 4. The van der Waals surface area contributed by atoms with Crippen LogP contribution in [-0.4, -0.2) is 24.7 Å². The molecular weight excluding hydrogens is 431 g/mol. The van der Waals surface area contributed by atoms with Gasteiger partial charge in [0.15, 0.2) is 14.9 Å². The number of halogens is 3. The maximum Gasteiger partial charge on any atom is 0.416 e. The number of amides is 2. The number of rotatable bonds is 3. The van der Waals surface area contributed by atoms with Gasteiger partial charge in [-0.2, -0.15) is 13.2 Å². The molecule has 4 rings (SSSR count). The number of carbonyl (C=O) groups is 1. The van der Waals surface area contributed by atoms with Crippen LogP contribution in [0.1, 0.15) is 37.7 Å². The lowest BCUT2D eigenvalue weighted by molar-refractivity contribution is -0.137. The molecule has 2 saturated carbocycles. The normalized spacial score (nSPS) is 22.9. The Kier molecular flexibility index (Phi) is 6.88. The van der Waals surface area contributed by atoms with E-state index >= 15 is 0 Å². The average Bonchev–Trinajstić information content (AvgIpc) is 3.06. The molecule has 1 aromatic heterocycles. The molecule has 31 heavy (non-hydrogen) atoms. The summed E-state index contributed by atoms with van der Waals surface area (Å²) in [7, 11) is -3.20. The highest BCUT2D eigenvalue weighted by molar-refractivity contribution is 7.92. The molecule has 3 atom stereocenters. The van der Waals surface area contributed by atoms with Gasteiger partial charge in [0.1, 0.15) is 0 Å². The molecule has 2 fully saturated rings. The van der Waals surface area contributed by atoms with E-state index in [9.17, 15) is 26.4 Å². The first-order valence-corrected chi connectivity index (χ1v) is 11.5. The van der Waals surface area contributed by atoms with Gasteiger partial charge >= 0.3 is 12.2 Å². The Hall–Kier alpha value is -2.62. The van der Waals surface area contributed by atoms with Crippen molar-refractivity contribution in [1.29, 1.82) is 0 Å². The Morgan fingerprint density at radius 1 is 1.00 bits per heavy atom. The number of nitrogens with zero attached hydrogens (tertiary/aromatic N) is 1. The molecule has 2 bridgehead atoms. The number of aromatic nitrogens is 1. The monoisotopic (exact) mass is 455 g/mol. The zero-order chi connectivity index (χ0) is 22.6. The highest BCUT2D eigenvalue weighted by Crippen LogP contribution is 2.44. The number of urea groups is 1. The minimum atomic E-state index is -4.37. The Balaban J connectivity index is 0.000000180. The number of nitrogens with two attached hydrogens (primary N) is 1. The largest absolute Gasteiger partial charge is 0.416 e. The molecule has 0 aliphatic heterocycles. The Morgan fingerprint density at radius 2 is 1.61 bits per heavy atom. The minimum absolute atomic E-state index is 0.191. The van der Waals surface area contributed by atoms with Crippen molar-refractivity contribution < 1.29 is 26.4 Å². The van der Waals surface area contributed by atoms with Crippen molar-refractivity contribution in [2.75, 3.05) is 5.32 Å². The van der Waals surface area contributed by atoms with Gasteiger partial charge in [0, 0.05) is 11.9 Å². The smallest absolute Gasteiger partial charge is 0.351 e. The van der Waals surface area contributed by atoms with Gasteiger partial charge in [0.25, 0.3) is 0 Å². The zero-order valence-corrected chi connectivity index (χ0v) is 17.5. The summed E-state index contributed by atoms with van der Waals surface area (Å²) in [6.45, 7) is 0. The summed E-state index contributed by atoms with van der Waals surface area (Å²) in [4.78, 5) is 14.3. The van der Waals surface area contributed by atoms with E-state index in [1.807, 2.05) is 0 Å².